The van der Waals surface area contributed by atoms with Crippen LogP contribution in [-0.2, 0) is 9.53 Å². The molecule has 0 saturated carbocycles. The maximum atomic E-state index is 13.1. The third-order valence-corrected chi connectivity index (χ3v) is 6.69. The normalized spacial score (nSPS) is 16.4. The Balaban J connectivity index is 1.53. The number of amides is 1. The Labute approximate surface area is 200 Å². The van der Waals surface area contributed by atoms with Crippen LogP contribution in [0.15, 0.2) is 91.0 Å². The topological polar surface area (TPSA) is 55.0 Å². The number of para-hydroxylation sites is 1. The molecule has 0 bridgehead atoms. The Hall–Kier alpha value is -2.45. The zero-order valence-corrected chi connectivity index (χ0v) is 19.8. The molecule has 164 valence electrons. The largest absolute Gasteiger partial charge is 0.450 e. The summed E-state index contributed by atoms with van der Waals surface area (Å²) in [7, 11) is 1.65. The lowest BCUT2D eigenvalue weighted by atomic mass is 10.3. The van der Waals surface area contributed by atoms with Gasteiger partial charge in [-0.3, -0.25) is 9.69 Å². The van der Waals surface area contributed by atoms with Crippen molar-refractivity contribution in [1.82, 2.24) is 4.90 Å². The lowest BCUT2D eigenvalue weighted by molar-refractivity contribution is -0.122. The van der Waals surface area contributed by atoms with Crippen molar-refractivity contribution in [3.63, 3.8) is 0 Å². The molecule has 1 amide bonds. The van der Waals surface area contributed by atoms with Gasteiger partial charge in [-0.1, -0.05) is 41.6 Å². The van der Waals surface area contributed by atoms with Crippen LogP contribution in [0.25, 0.3) is 6.08 Å². The maximum absolute atomic E-state index is 13.1. The minimum absolute atomic E-state index is 0.0795. The first-order valence-electron chi connectivity index (χ1n) is 10.00. The maximum Gasteiger partial charge on any atom is 0.266 e. The SMILES string of the molecule is COCCCN1C(=O)/C(=C\c2ccc(Sc3ccc(Cl)cc3)o2)SC1=Nc1ccccc1. The van der Waals surface area contributed by atoms with Crippen molar-refractivity contribution in [2.24, 2.45) is 4.99 Å². The number of methoxy groups -OCH3 is 1. The summed E-state index contributed by atoms with van der Waals surface area (Å²) in [5, 5.41) is 2.09. The first-order valence-corrected chi connectivity index (χ1v) is 12.0. The molecule has 0 aliphatic carbocycles. The molecule has 0 N–H and O–H groups in total. The Morgan fingerprint density at radius 3 is 2.66 bits per heavy atom. The molecule has 2 heterocycles. The third kappa shape index (κ3) is 5.86. The number of benzene rings is 2. The van der Waals surface area contributed by atoms with E-state index < -0.39 is 0 Å². The first-order chi connectivity index (χ1) is 15.6. The molecule has 5 nitrogen and oxygen atoms in total. The zero-order chi connectivity index (χ0) is 22.3. The van der Waals surface area contributed by atoms with Gasteiger partial charge in [-0.2, -0.15) is 0 Å². The van der Waals surface area contributed by atoms with Crippen LogP contribution in [0.2, 0.25) is 5.02 Å². The number of rotatable bonds is 8. The molecule has 0 radical (unpaired) electrons. The molecular formula is C24H21ClN2O3S2. The monoisotopic (exact) mass is 484 g/mol. The lowest BCUT2D eigenvalue weighted by Crippen LogP contribution is -2.30. The molecular weight excluding hydrogens is 464 g/mol. The van der Waals surface area contributed by atoms with Gasteiger partial charge < -0.3 is 9.15 Å². The van der Waals surface area contributed by atoms with Gasteiger partial charge in [0.1, 0.15) is 5.76 Å². The van der Waals surface area contributed by atoms with E-state index in [1.165, 1.54) is 23.5 Å². The summed E-state index contributed by atoms with van der Waals surface area (Å²) in [6, 6.07) is 20.9. The summed E-state index contributed by atoms with van der Waals surface area (Å²) in [5.74, 6) is 0.541. The van der Waals surface area contributed by atoms with Gasteiger partial charge in [-0.05, 0) is 66.7 Å². The van der Waals surface area contributed by atoms with Gasteiger partial charge in [0.05, 0.1) is 10.6 Å². The molecule has 1 aromatic heterocycles. The van der Waals surface area contributed by atoms with Crippen molar-refractivity contribution < 1.29 is 13.9 Å². The van der Waals surface area contributed by atoms with Crippen molar-refractivity contribution in [3.8, 4) is 0 Å². The van der Waals surface area contributed by atoms with Crippen LogP contribution in [0.1, 0.15) is 12.2 Å². The van der Waals surface area contributed by atoms with Crippen LogP contribution < -0.4 is 0 Å². The highest BCUT2D eigenvalue weighted by atomic mass is 35.5. The van der Waals surface area contributed by atoms with Crippen LogP contribution in [0.5, 0.6) is 0 Å². The Morgan fingerprint density at radius 1 is 1.12 bits per heavy atom. The minimum atomic E-state index is -0.0795. The van der Waals surface area contributed by atoms with E-state index in [9.17, 15) is 4.79 Å². The standard InChI is InChI=1S/C24H21ClN2O3S2/c1-29-15-5-14-27-23(28)21(32-24(27)26-18-6-3-2-4-7-18)16-19-10-13-22(30-19)31-20-11-8-17(25)9-12-20/h2-4,6-13,16H,5,14-15H2,1H3/b21-16+,26-24?. The summed E-state index contributed by atoms with van der Waals surface area (Å²) in [5.41, 5.74) is 0.806. The smallest absolute Gasteiger partial charge is 0.266 e. The number of nitrogens with zero attached hydrogens (tertiary/aromatic N) is 2. The van der Waals surface area contributed by atoms with Crippen molar-refractivity contribution in [2.75, 3.05) is 20.3 Å². The minimum Gasteiger partial charge on any atom is -0.450 e. The quantitative estimate of drug-likeness (QED) is 0.262. The number of amidine groups is 1. The molecule has 0 unspecified atom stereocenters. The number of carbonyl (C=O) groups excluding carboxylic acids is 1. The van der Waals surface area contributed by atoms with Crippen molar-refractivity contribution in [3.05, 3.63) is 82.4 Å². The number of hydrogen-bond acceptors (Lipinski definition) is 6. The Kier molecular flexibility index (Phi) is 7.76. The van der Waals surface area contributed by atoms with Crippen LogP contribution in [0.3, 0.4) is 0 Å². The number of carbonyl (C=O) groups is 1. The van der Waals surface area contributed by atoms with Crippen LogP contribution in [0, 0.1) is 0 Å². The van der Waals surface area contributed by atoms with E-state index in [2.05, 4.69) is 4.99 Å². The van der Waals surface area contributed by atoms with E-state index >= 15 is 0 Å². The van der Waals surface area contributed by atoms with Gasteiger partial charge in [0.15, 0.2) is 10.3 Å². The molecule has 1 saturated heterocycles. The number of aliphatic imine (C=N–C) groups is 1. The fraction of sp³-hybridized carbons (Fsp3) is 0.167. The van der Waals surface area contributed by atoms with Gasteiger partial charge in [0.25, 0.3) is 5.91 Å². The van der Waals surface area contributed by atoms with Crippen molar-refractivity contribution in [1.29, 1.82) is 0 Å². The lowest BCUT2D eigenvalue weighted by Gasteiger charge is -2.15. The van der Waals surface area contributed by atoms with Crippen molar-refractivity contribution >= 4 is 58.0 Å². The van der Waals surface area contributed by atoms with Gasteiger partial charge in [-0.15, -0.1) is 0 Å². The second-order valence-corrected chi connectivity index (χ2v) is 9.38. The van der Waals surface area contributed by atoms with Crippen LogP contribution in [0.4, 0.5) is 5.69 Å². The number of hydrogen-bond donors (Lipinski definition) is 0. The first kappa shape index (κ1) is 22.7. The van der Waals surface area contributed by atoms with Crippen molar-refractivity contribution in [2.45, 2.75) is 16.4 Å². The van der Waals surface area contributed by atoms with E-state index in [4.69, 9.17) is 20.8 Å². The number of thioether (sulfide) groups is 1. The van der Waals surface area contributed by atoms with Gasteiger partial charge >= 0.3 is 0 Å². The van der Waals surface area contributed by atoms with E-state index in [0.29, 0.717) is 34.0 Å². The second-order valence-electron chi connectivity index (χ2n) is 6.86. The molecule has 32 heavy (non-hydrogen) atoms. The summed E-state index contributed by atoms with van der Waals surface area (Å²) in [6.45, 7) is 1.12. The van der Waals surface area contributed by atoms with Gasteiger partial charge in [-0.25, -0.2) is 4.99 Å². The second kappa shape index (κ2) is 10.9. The van der Waals surface area contributed by atoms with Gasteiger partial charge in [0, 0.05) is 36.3 Å². The average Bonchev–Trinajstić information content (AvgIpc) is 3.35. The molecule has 1 fully saturated rings. The fourth-order valence-electron chi connectivity index (χ4n) is 2.98. The van der Waals surface area contributed by atoms with Gasteiger partial charge in [0.2, 0.25) is 0 Å². The highest BCUT2D eigenvalue weighted by molar-refractivity contribution is 8.18. The third-order valence-electron chi connectivity index (χ3n) is 4.51. The predicted molar refractivity (Wildman–Crippen MR) is 132 cm³/mol. The fourth-order valence-corrected chi connectivity index (χ4v) is 4.89. The van der Waals surface area contributed by atoms with E-state index in [0.717, 1.165) is 22.1 Å². The van der Waals surface area contributed by atoms with Crippen LogP contribution >= 0.6 is 35.1 Å². The Bertz CT molecular complexity index is 1130. The molecule has 2 aromatic carbocycles. The predicted octanol–water partition coefficient (Wildman–Crippen LogP) is 6.72. The summed E-state index contributed by atoms with van der Waals surface area (Å²) >= 11 is 8.80. The average molecular weight is 485 g/mol. The summed E-state index contributed by atoms with van der Waals surface area (Å²) in [4.78, 5) is 21.1. The van der Waals surface area contributed by atoms with E-state index in [-0.39, 0.29) is 5.91 Å². The summed E-state index contributed by atoms with van der Waals surface area (Å²) < 4.78 is 11.1. The van der Waals surface area contributed by atoms with Crippen LogP contribution in [-0.4, -0.2) is 36.2 Å². The molecule has 4 rings (SSSR count). The Morgan fingerprint density at radius 2 is 1.91 bits per heavy atom. The molecule has 1 aliphatic rings. The highest BCUT2D eigenvalue weighted by Crippen LogP contribution is 2.36. The van der Waals surface area contributed by atoms with E-state index in [1.54, 1.807) is 18.1 Å². The molecule has 0 spiro atoms. The summed E-state index contributed by atoms with van der Waals surface area (Å²) in [6.07, 6.45) is 2.50. The van der Waals surface area contributed by atoms with E-state index in [1.807, 2.05) is 66.7 Å². The molecule has 1 aliphatic heterocycles. The number of furan rings is 1. The molecule has 8 heteroatoms. The zero-order valence-electron chi connectivity index (χ0n) is 17.4. The molecule has 0 atom stereocenters. The molecule has 3 aromatic rings. The number of halogens is 1. The highest BCUT2D eigenvalue weighted by Gasteiger charge is 2.33. The number of ether oxygens (including phenoxy) is 1.